The zero-order valence-corrected chi connectivity index (χ0v) is 11.6. The molecule has 5 nitrogen and oxygen atoms in total. The minimum Gasteiger partial charge on any atom is -0.462 e. The molecule has 3 rings (SSSR count). The lowest BCUT2D eigenvalue weighted by Gasteiger charge is -2.12. The van der Waals surface area contributed by atoms with Crippen LogP contribution in [0.3, 0.4) is 0 Å². The molecule has 2 N–H and O–H groups in total. The summed E-state index contributed by atoms with van der Waals surface area (Å²) >= 11 is 0. The minimum atomic E-state index is -0.403. The van der Waals surface area contributed by atoms with Crippen molar-refractivity contribution in [1.82, 2.24) is 9.78 Å². The Morgan fingerprint density at radius 2 is 2.05 bits per heavy atom. The molecule has 3 aromatic rings. The van der Waals surface area contributed by atoms with E-state index >= 15 is 0 Å². The van der Waals surface area contributed by atoms with Crippen molar-refractivity contribution in [2.75, 3.05) is 12.3 Å². The van der Waals surface area contributed by atoms with Gasteiger partial charge in [0.25, 0.3) is 0 Å². The van der Waals surface area contributed by atoms with Gasteiger partial charge in [0.2, 0.25) is 0 Å². The third kappa shape index (κ3) is 2.23. The maximum Gasteiger partial charge on any atom is 0.340 e. The lowest BCUT2D eigenvalue weighted by Crippen LogP contribution is -2.12. The Bertz CT molecular complexity index is 808. The average Bonchev–Trinajstić information content (AvgIpc) is 2.91. The number of nitrogens with two attached hydrogens (primary N) is 1. The summed E-state index contributed by atoms with van der Waals surface area (Å²) in [6.45, 7) is 2.08. The summed E-state index contributed by atoms with van der Waals surface area (Å²) in [6.07, 6.45) is 1.75. The number of anilines is 1. The van der Waals surface area contributed by atoms with Crippen LogP contribution >= 0.6 is 0 Å². The van der Waals surface area contributed by atoms with E-state index in [1.165, 1.54) is 0 Å². The number of aromatic nitrogens is 2. The van der Waals surface area contributed by atoms with Gasteiger partial charge >= 0.3 is 5.97 Å². The van der Waals surface area contributed by atoms with Gasteiger partial charge in [-0.2, -0.15) is 5.10 Å². The Labute approximate surface area is 121 Å². The second kappa shape index (κ2) is 5.28. The Hall–Kier alpha value is -2.82. The molecule has 0 saturated carbocycles. The molecule has 106 valence electrons. The van der Waals surface area contributed by atoms with Crippen LogP contribution in [0.4, 0.5) is 5.69 Å². The van der Waals surface area contributed by atoms with Crippen LogP contribution in [0.5, 0.6) is 0 Å². The fraction of sp³-hybridized carbons (Fsp3) is 0.125. The fourth-order valence-electron chi connectivity index (χ4n) is 2.32. The van der Waals surface area contributed by atoms with Crippen LogP contribution in [0, 0.1) is 0 Å². The SMILES string of the molecule is CCOC(=O)c1cccc(N)c1-n1ncc2ccccc21. The molecular formula is C16H15N3O2. The first-order valence-corrected chi connectivity index (χ1v) is 6.71. The molecule has 0 fully saturated rings. The van der Waals surface area contributed by atoms with Gasteiger partial charge < -0.3 is 10.5 Å². The van der Waals surface area contributed by atoms with Gasteiger partial charge in [0.15, 0.2) is 0 Å². The topological polar surface area (TPSA) is 70.1 Å². The second-order valence-electron chi connectivity index (χ2n) is 4.58. The van der Waals surface area contributed by atoms with Crippen molar-refractivity contribution in [3.63, 3.8) is 0 Å². The number of rotatable bonds is 3. The van der Waals surface area contributed by atoms with Crippen LogP contribution in [0.2, 0.25) is 0 Å². The lowest BCUT2D eigenvalue weighted by molar-refractivity contribution is 0.0526. The van der Waals surface area contributed by atoms with Gasteiger partial charge in [0.05, 0.1) is 29.6 Å². The molecule has 2 aromatic carbocycles. The van der Waals surface area contributed by atoms with Gasteiger partial charge in [-0.1, -0.05) is 24.3 Å². The molecule has 0 unspecified atom stereocenters. The standard InChI is InChI=1S/C16H15N3O2/c1-2-21-16(20)12-7-5-8-13(17)15(12)19-14-9-4-3-6-11(14)10-18-19/h3-10H,2,17H2,1H3. The van der Waals surface area contributed by atoms with Crippen molar-refractivity contribution in [2.45, 2.75) is 6.92 Å². The first kappa shape index (κ1) is 13.2. The van der Waals surface area contributed by atoms with Crippen molar-refractivity contribution in [3.05, 3.63) is 54.2 Å². The summed E-state index contributed by atoms with van der Waals surface area (Å²) in [6, 6.07) is 12.9. The zero-order valence-electron chi connectivity index (χ0n) is 11.6. The van der Waals surface area contributed by atoms with Crippen molar-refractivity contribution >= 4 is 22.6 Å². The second-order valence-corrected chi connectivity index (χ2v) is 4.58. The highest BCUT2D eigenvalue weighted by atomic mass is 16.5. The van der Waals surface area contributed by atoms with Crippen LogP contribution in [-0.4, -0.2) is 22.4 Å². The van der Waals surface area contributed by atoms with Crippen LogP contribution in [-0.2, 0) is 4.74 Å². The predicted octanol–water partition coefficient (Wildman–Crippen LogP) is 2.78. The predicted molar refractivity (Wildman–Crippen MR) is 81.4 cm³/mol. The minimum absolute atomic E-state index is 0.312. The van der Waals surface area contributed by atoms with Crippen LogP contribution in [0.15, 0.2) is 48.7 Å². The number of para-hydroxylation sites is 2. The van der Waals surface area contributed by atoms with Crippen molar-refractivity contribution < 1.29 is 9.53 Å². The summed E-state index contributed by atoms with van der Waals surface area (Å²) in [5, 5.41) is 5.34. The number of nitrogen functional groups attached to an aromatic ring is 1. The summed E-state index contributed by atoms with van der Waals surface area (Å²) in [7, 11) is 0. The Morgan fingerprint density at radius 1 is 1.24 bits per heavy atom. The van der Waals surface area contributed by atoms with Crippen molar-refractivity contribution in [3.8, 4) is 5.69 Å². The van der Waals surface area contributed by atoms with Crippen LogP contribution in [0.25, 0.3) is 16.6 Å². The van der Waals surface area contributed by atoms with Crippen molar-refractivity contribution in [2.24, 2.45) is 0 Å². The first-order valence-electron chi connectivity index (χ1n) is 6.71. The molecule has 1 aromatic heterocycles. The molecule has 5 heteroatoms. The van der Waals surface area contributed by atoms with Gasteiger partial charge in [-0.15, -0.1) is 0 Å². The highest BCUT2D eigenvalue weighted by Gasteiger charge is 2.18. The van der Waals surface area contributed by atoms with E-state index < -0.39 is 5.97 Å². The first-order chi connectivity index (χ1) is 10.2. The van der Waals surface area contributed by atoms with Gasteiger partial charge in [-0.05, 0) is 25.1 Å². The third-order valence-corrected chi connectivity index (χ3v) is 3.25. The number of benzene rings is 2. The van der Waals surface area contributed by atoms with Crippen molar-refractivity contribution in [1.29, 1.82) is 0 Å². The number of carbonyl (C=O) groups excluding carboxylic acids is 1. The summed E-state index contributed by atoms with van der Waals surface area (Å²) in [4.78, 5) is 12.1. The van der Waals surface area contributed by atoms with E-state index in [0.29, 0.717) is 23.5 Å². The zero-order chi connectivity index (χ0) is 14.8. The number of hydrogen-bond acceptors (Lipinski definition) is 4. The number of esters is 1. The number of ether oxygens (including phenoxy) is 1. The Balaban J connectivity index is 2.24. The largest absolute Gasteiger partial charge is 0.462 e. The molecule has 0 amide bonds. The summed E-state index contributed by atoms with van der Waals surface area (Å²) < 4.78 is 6.78. The molecular weight excluding hydrogens is 266 g/mol. The lowest BCUT2D eigenvalue weighted by atomic mass is 10.1. The smallest absolute Gasteiger partial charge is 0.340 e. The third-order valence-electron chi connectivity index (χ3n) is 3.25. The monoisotopic (exact) mass is 281 g/mol. The van der Waals surface area contributed by atoms with Gasteiger partial charge in [0, 0.05) is 5.39 Å². The maximum atomic E-state index is 12.1. The van der Waals surface area contributed by atoms with Gasteiger partial charge in [0.1, 0.15) is 5.69 Å². The molecule has 0 atom stereocenters. The average molecular weight is 281 g/mol. The van der Waals surface area contributed by atoms with Crippen LogP contribution < -0.4 is 5.73 Å². The normalized spacial score (nSPS) is 10.7. The number of fused-ring (bicyclic) bond motifs is 1. The van der Waals surface area contributed by atoms with Crippen LogP contribution in [0.1, 0.15) is 17.3 Å². The highest BCUT2D eigenvalue weighted by molar-refractivity contribution is 5.97. The van der Waals surface area contributed by atoms with Gasteiger partial charge in [-0.3, -0.25) is 0 Å². The van der Waals surface area contributed by atoms with E-state index in [0.717, 1.165) is 10.9 Å². The van der Waals surface area contributed by atoms with E-state index in [2.05, 4.69) is 5.10 Å². The summed E-state index contributed by atoms with van der Waals surface area (Å²) in [5.74, 6) is -0.403. The molecule has 21 heavy (non-hydrogen) atoms. The van der Waals surface area contributed by atoms with E-state index in [1.807, 2.05) is 24.3 Å². The number of carbonyl (C=O) groups is 1. The molecule has 0 aliphatic carbocycles. The molecule has 0 bridgehead atoms. The summed E-state index contributed by atoms with van der Waals surface area (Å²) in [5.41, 5.74) is 8.40. The van der Waals surface area contributed by atoms with E-state index in [-0.39, 0.29) is 0 Å². The van der Waals surface area contributed by atoms with E-state index in [4.69, 9.17) is 10.5 Å². The Kier molecular flexibility index (Phi) is 3.31. The molecule has 0 aliphatic rings. The molecule has 0 spiro atoms. The van der Waals surface area contributed by atoms with Gasteiger partial charge in [-0.25, -0.2) is 9.48 Å². The number of nitrogens with zero attached hydrogens (tertiary/aromatic N) is 2. The molecule has 0 saturated heterocycles. The Morgan fingerprint density at radius 3 is 2.86 bits per heavy atom. The highest BCUT2D eigenvalue weighted by Crippen LogP contribution is 2.26. The number of hydrogen-bond donors (Lipinski definition) is 1. The van der Waals surface area contributed by atoms with E-state index in [1.54, 1.807) is 36.0 Å². The molecule has 0 aliphatic heterocycles. The molecule has 1 heterocycles. The maximum absolute atomic E-state index is 12.1. The molecule has 0 radical (unpaired) electrons. The fourth-order valence-corrected chi connectivity index (χ4v) is 2.32. The quantitative estimate of drug-likeness (QED) is 0.592. The van der Waals surface area contributed by atoms with E-state index in [9.17, 15) is 4.79 Å².